The zero-order valence-corrected chi connectivity index (χ0v) is 7.47. The van der Waals surface area contributed by atoms with Crippen LogP contribution in [0.25, 0.3) is 0 Å². The highest BCUT2D eigenvalue weighted by Crippen LogP contribution is 2.15. The molecular formula is C8H17FN2. The van der Waals surface area contributed by atoms with Gasteiger partial charge < -0.3 is 5.32 Å². The average Bonchev–Trinajstić information content (AvgIpc) is 2.31. The molecule has 0 amide bonds. The summed E-state index contributed by atoms with van der Waals surface area (Å²) >= 11 is 0. The van der Waals surface area contributed by atoms with Crippen LogP contribution in [0, 0.1) is 0 Å². The summed E-state index contributed by atoms with van der Waals surface area (Å²) in [7, 11) is 1.82. The first-order valence-electron chi connectivity index (χ1n) is 4.20. The van der Waals surface area contributed by atoms with Crippen molar-refractivity contribution in [2.75, 3.05) is 20.1 Å². The van der Waals surface area contributed by atoms with E-state index in [4.69, 9.17) is 0 Å². The predicted molar refractivity (Wildman–Crippen MR) is 44.5 cm³/mol. The maximum absolute atomic E-state index is 13.1. The van der Waals surface area contributed by atoms with E-state index in [2.05, 4.69) is 24.1 Å². The average molecular weight is 160 g/mol. The Labute approximate surface area is 67.8 Å². The molecule has 0 spiro atoms. The molecule has 1 saturated heterocycles. The van der Waals surface area contributed by atoms with Crippen LogP contribution in [-0.4, -0.2) is 43.3 Å². The minimum atomic E-state index is -0.692. The van der Waals surface area contributed by atoms with Crippen molar-refractivity contribution in [3.8, 4) is 0 Å². The van der Waals surface area contributed by atoms with Crippen LogP contribution in [-0.2, 0) is 0 Å². The van der Waals surface area contributed by atoms with Gasteiger partial charge in [-0.2, -0.15) is 0 Å². The number of hydrogen-bond donors (Lipinski definition) is 1. The SMILES string of the molecule is CNC1CN(C(C)C)C[C@@H]1F. The summed E-state index contributed by atoms with van der Waals surface area (Å²) in [5, 5.41) is 2.98. The molecule has 0 radical (unpaired) electrons. The number of rotatable bonds is 2. The molecule has 0 aliphatic carbocycles. The van der Waals surface area contributed by atoms with Gasteiger partial charge in [0, 0.05) is 19.1 Å². The Morgan fingerprint density at radius 3 is 2.36 bits per heavy atom. The maximum atomic E-state index is 13.1. The summed E-state index contributed by atoms with van der Waals surface area (Å²) in [6, 6.07) is 0.504. The van der Waals surface area contributed by atoms with Crippen molar-refractivity contribution in [1.29, 1.82) is 0 Å². The molecule has 1 aliphatic heterocycles. The van der Waals surface area contributed by atoms with E-state index in [1.807, 2.05) is 7.05 Å². The van der Waals surface area contributed by atoms with Gasteiger partial charge in [-0.15, -0.1) is 0 Å². The van der Waals surface area contributed by atoms with E-state index in [-0.39, 0.29) is 6.04 Å². The molecule has 1 fully saturated rings. The lowest BCUT2D eigenvalue weighted by Gasteiger charge is -2.19. The van der Waals surface area contributed by atoms with Crippen LogP contribution in [0.1, 0.15) is 13.8 Å². The van der Waals surface area contributed by atoms with Crippen molar-refractivity contribution in [1.82, 2.24) is 10.2 Å². The van der Waals surface area contributed by atoms with Crippen LogP contribution in [0.2, 0.25) is 0 Å². The van der Waals surface area contributed by atoms with Crippen LogP contribution >= 0.6 is 0 Å². The second kappa shape index (κ2) is 3.50. The maximum Gasteiger partial charge on any atom is 0.129 e. The molecule has 1 unspecified atom stereocenters. The zero-order valence-electron chi connectivity index (χ0n) is 7.47. The van der Waals surface area contributed by atoms with Crippen molar-refractivity contribution in [3.63, 3.8) is 0 Å². The Bertz CT molecular complexity index is 127. The number of nitrogens with zero attached hydrogens (tertiary/aromatic N) is 1. The van der Waals surface area contributed by atoms with Crippen LogP contribution in [0.15, 0.2) is 0 Å². The van der Waals surface area contributed by atoms with Crippen LogP contribution < -0.4 is 5.32 Å². The van der Waals surface area contributed by atoms with Crippen LogP contribution in [0.3, 0.4) is 0 Å². The van der Waals surface area contributed by atoms with Gasteiger partial charge in [0.1, 0.15) is 6.17 Å². The standard InChI is InChI=1S/C8H17FN2/c1-6(2)11-4-7(9)8(5-11)10-3/h6-8,10H,4-5H2,1-3H3/t7-,8?/m0/s1. The number of alkyl halides is 1. The molecule has 1 aliphatic rings. The lowest BCUT2D eigenvalue weighted by molar-refractivity contribution is 0.245. The van der Waals surface area contributed by atoms with E-state index in [1.165, 1.54) is 0 Å². The van der Waals surface area contributed by atoms with Gasteiger partial charge in [-0.3, -0.25) is 4.90 Å². The van der Waals surface area contributed by atoms with Crippen LogP contribution in [0.4, 0.5) is 4.39 Å². The van der Waals surface area contributed by atoms with Gasteiger partial charge in [0.05, 0.1) is 6.04 Å². The molecule has 0 aromatic rings. The molecule has 1 rings (SSSR count). The van der Waals surface area contributed by atoms with E-state index in [9.17, 15) is 4.39 Å². The number of hydrogen-bond acceptors (Lipinski definition) is 2. The minimum absolute atomic E-state index is 0.0393. The second-order valence-corrected chi connectivity index (χ2v) is 3.46. The van der Waals surface area contributed by atoms with Gasteiger partial charge in [0.2, 0.25) is 0 Å². The van der Waals surface area contributed by atoms with Crippen molar-refractivity contribution in [2.45, 2.75) is 32.1 Å². The lowest BCUT2D eigenvalue weighted by Crippen LogP contribution is -2.35. The number of likely N-dealkylation sites (N-methyl/N-ethyl adjacent to an activating group) is 1. The third-order valence-corrected chi connectivity index (χ3v) is 2.38. The highest BCUT2D eigenvalue weighted by molar-refractivity contribution is 4.89. The third kappa shape index (κ3) is 1.91. The molecule has 1 heterocycles. The highest BCUT2D eigenvalue weighted by atomic mass is 19.1. The van der Waals surface area contributed by atoms with Crippen molar-refractivity contribution < 1.29 is 4.39 Å². The van der Waals surface area contributed by atoms with E-state index >= 15 is 0 Å². The highest BCUT2D eigenvalue weighted by Gasteiger charge is 2.32. The molecule has 0 aromatic carbocycles. The molecular weight excluding hydrogens is 143 g/mol. The Kier molecular flexibility index (Phi) is 2.84. The van der Waals surface area contributed by atoms with E-state index < -0.39 is 6.17 Å². The summed E-state index contributed by atoms with van der Waals surface area (Å²) in [5.74, 6) is 0. The van der Waals surface area contributed by atoms with Crippen molar-refractivity contribution in [2.24, 2.45) is 0 Å². The Balaban J connectivity index is 2.43. The topological polar surface area (TPSA) is 15.3 Å². The zero-order chi connectivity index (χ0) is 8.43. The number of nitrogens with one attached hydrogen (secondary N) is 1. The lowest BCUT2D eigenvalue weighted by atomic mass is 10.2. The van der Waals surface area contributed by atoms with Gasteiger partial charge in [-0.1, -0.05) is 0 Å². The number of likely N-dealkylation sites (tertiary alicyclic amines) is 1. The minimum Gasteiger partial charge on any atom is -0.313 e. The monoisotopic (exact) mass is 160 g/mol. The first kappa shape index (κ1) is 8.94. The van der Waals surface area contributed by atoms with Crippen molar-refractivity contribution >= 4 is 0 Å². The summed E-state index contributed by atoms with van der Waals surface area (Å²) in [4.78, 5) is 2.16. The Morgan fingerprint density at radius 1 is 1.45 bits per heavy atom. The number of halogens is 1. The molecule has 0 saturated carbocycles. The smallest absolute Gasteiger partial charge is 0.129 e. The first-order chi connectivity index (χ1) is 5.15. The fraction of sp³-hybridized carbons (Fsp3) is 1.00. The summed E-state index contributed by atoms with van der Waals surface area (Å²) in [5.41, 5.74) is 0. The molecule has 2 nitrogen and oxygen atoms in total. The van der Waals surface area contributed by atoms with Crippen LogP contribution in [0.5, 0.6) is 0 Å². The van der Waals surface area contributed by atoms with Gasteiger partial charge in [-0.05, 0) is 20.9 Å². The van der Waals surface area contributed by atoms with Gasteiger partial charge in [0.25, 0.3) is 0 Å². The Morgan fingerprint density at radius 2 is 2.09 bits per heavy atom. The molecule has 0 bridgehead atoms. The second-order valence-electron chi connectivity index (χ2n) is 3.46. The molecule has 66 valence electrons. The molecule has 2 atom stereocenters. The Hall–Kier alpha value is -0.150. The molecule has 3 heteroatoms. The first-order valence-corrected chi connectivity index (χ1v) is 4.20. The summed E-state index contributed by atoms with van der Waals surface area (Å²) < 4.78 is 13.1. The van der Waals surface area contributed by atoms with Gasteiger partial charge >= 0.3 is 0 Å². The molecule has 1 N–H and O–H groups in total. The molecule has 11 heavy (non-hydrogen) atoms. The quantitative estimate of drug-likeness (QED) is 0.637. The summed E-state index contributed by atoms with van der Waals surface area (Å²) in [6.45, 7) is 5.63. The van der Waals surface area contributed by atoms with Gasteiger partial charge in [-0.25, -0.2) is 4.39 Å². The van der Waals surface area contributed by atoms with Gasteiger partial charge in [0.15, 0.2) is 0 Å². The fourth-order valence-electron chi connectivity index (χ4n) is 1.49. The fourth-order valence-corrected chi connectivity index (χ4v) is 1.49. The third-order valence-electron chi connectivity index (χ3n) is 2.38. The summed E-state index contributed by atoms with van der Waals surface area (Å²) in [6.07, 6.45) is -0.692. The molecule has 0 aromatic heterocycles. The van der Waals surface area contributed by atoms with E-state index in [1.54, 1.807) is 0 Å². The largest absolute Gasteiger partial charge is 0.313 e. The normalized spacial score (nSPS) is 33.5. The van der Waals surface area contributed by atoms with Crippen molar-refractivity contribution in [3.05, 3.63) is 0 Å². The van der Waals surface area contributed by atoms with E-state index in [0.29, 0.717) is 12.6 Å². The predicted octanol–water partition coefficient (Wildman–Crippen LogP) is 0.636. The van der Waals surface area contributed by atoms with E-state index in [0.717, 1.165) is 6.54 Å².